The monoisotopic (exact) mass is 290 g/mol. The van der Waals surface area contributed by atoms with Gasteiger partial charge in [0.2, 0.25) is 0 Å². The summed E-state index contributed by atoms with van der Waals surface area (Å²) in [6, 6.07) is 7.25. The molecular formula is C10H3BrN4S. The van der Waals surface area contributed by atoms with Crippen molar-refractivity contribution in [3.05, 3.63) is 27.7 Å². The van der Waals surface area contributed by atoms with Gasteiger partial charge in [-0.25, -0.2) is 0 Å². The van der Waals surface area contributed by atoms with Crippen molar-refractivity contribution < 1.29 is 0 Å². The van der Waals surface area contributed by atoms with Crippen molar-refractivity contribution in [3.63, 3.8) is 0 Å². The summed E-state index contributed by atoms with van der Waals surface area (Å²) in [5.41, 5.74) is 2.22. The molecule has 1 heterocycles. The zero-order valence-corrected chi connectivity index (χ0v) is 10.2. The number of rotatable bonds is 1. The van der Waals surface area contributed by atoms with Crippen LogP contribution in [0.5, 0.6) is 0 Å². The number of aromatic nitrogens is 2. The summed E-state index contributed by atoms with van der Waals surface area (Å²) < 4.78 is 9.12. The Bertz CT molecular complexity index is 643. The van der Waals surface area contributed by atoms with Crippen LogP contribution in [-0.2, 0) is 0 Å². The molecule has 0 aliphatic heterocycles. The molecule has 1 aromatic heterocycles. The molecule has 0 amide bonds. The third kappa shape index (κ3) is 1.81. The lowest BCUT2D eigenvalue weighted by atomic mass is 10.1. The Balaban J connectivity index is 2.69. The average molecular weight is 291 g/mol. The van der Waals surface area contributed by atoms with Crippen molar-refractivity contribution in [3.8, 4) is 12.1 Å². The smallest absolute Gasteiger partial charge is 0.130 e. The van der Waals surface area contributed by atoms with Crippen molar-refractivity contribution in [2.75, 3.05) is 0 Å². The van der Waals surface area contributed by atoms with Crippen molar-refractivity contribution in [2.45, 2.75) is 0 Å². The fourth-order valence-electron chi connectivity index (χ4n) is 1.22. The highest BCUT2D eigenvalue weighted by molar-refractivity contribution is 9.10. The van der Waals surface area contributed by atoms with E-state index in [2.05, 4.69) is 24.7 Å². The van der Waals surface area contributed by atoms with Gasteiger partial charge in [-0.2, -0.15) is 19.3 Å². The van der Waals surface area contributed by atoms with E-state index in [4.69, 9.17) is 10.5 Å². The summed E-state index contributed by atoms with van der Waals surface area (Å²) in [7, 11) is 0. The number of halogens is 1. The Labute approximate surface area is 104 Å². The van der Waals surface area contributed by atoms with Gasteiger partial charge in [0.1, 0.15) is 28.7 Å². The van der Waals surface area contributed by atoms with Crippen molar-refractivity contribution in [1.82, 2.24) is 8.75 Å². The van der Waals surface area contributed by atoms with E-state index < -0.39 is 0 Å². The number of nitriles is 2. The molecule has 2 rings (SSSR count). The molecule has 0 N–H and O–H groups in total. The molecule has 16 heavy (non-hydrogen) atoms. The van der Waals surface area contributed by atoms with Crippen LogP contribution < -0.4 is 0 Å². The standard InChI is InChI=1S/C10H3BrN4S/c11-8-2-1-7(3-6(4-12)5-13)9-10(8)15-16-14-9/h1-3H. The fourth-order valence-corrected chi connectivity index (χ4v) is 2.32. The molecule has 0 spiro atoms. The number of nitrogens with zero attached hydrogens (tertiary/aromatic N) is 4. The minimum absolute atomic E-state index is 0.0524. The van der Waals surface area contributed by atoms with Gasteiger partial charge < -0.3 is 0 Å². The van der Waals surface area contributed by atoms with E-state index in [0.717, 1.165) is 27.3 Å². The molecule has 0 unspecified atom stereocenters. The third-order valence-corrected chi connectivity index (χ3v) is 3.11. The van der Waals surface area contributed by atoms with Gasteiger partial charge in [-0.1, -0.05) is 6.07 Å². The minimum Gasteiger partial charge on any atom is -0.192 e. The van der Waals surface area contributed by atoms with Gasteiger partial charge in [-0.3, -0.25) is 0 Å². The highest BCUT2D eigenvalue weighted by Gasteiger charge is 2.07. The normalized spacial score (nSPS) is 9.44. The van der Waals surface area contributed by atoms with E-state index in [0.29, 0.717) is 5.52 Å². The van der Waals surface area contributed by atoms with Crippen molar-refractivity contribution >= 4 is 44.8 Å². The van der Waals surface area contributed by atoms with Gasteiger partial charge in [-0.15, -0.1) is 0 Å². The quantitative estimate of drug-likeness (QED) is 0.757. The molecule has 76 valence electrons. The number of hydrogen-bond donors (Lipinski definition) is 0. The second kappa shape index (κ2) is 4.40. The predicted molar refractivity (Wildman–Crippen MR) is 64.3 cm³/mol. The van der Waals surface area contributed by atoms with E-state index in [-0.39, 0.29) is 5.57 Å². The number of fused-ring (bicyclic) bond motifs is 1. The van der Waals surface area contributed by atoms with E-state index in [9.17, 15) is 0 Å². The maximum absolute atomic E-state index is 8.68. The van der Waals surface area contributed by atoms with Crippen LogP contribution in [0.3, 0.4) is 0 Å². The maximum atomic E-state index is 8.68. The molecule has 1 aromatic carbocycles. The lowest BCUT2D eigenvalue weighted by Gasteiger charge is -1.96. The predicted octanol–water partition coefficient (Wildman–Crippen LogP) is 2.88. The molecule has 0 bridgehead atoms. The number of allylic oxidation sites excluding steroid dienone is 1. The molecule has 2 aromatic rings. The molecule has 6 heteroatoms. The first kappa shape index (κ1) is 10.7. The fraction of sp³-hybridized carbons (Fsp3) is 0. The van der Waals surface area contributed by atoms with Gasteiger partial charge in [0.25, 0.3) is 0 Å². The Kier molecular flexibility index (Phi) is 2.95. The zero-order valence-electron chi connectivity index (χ0n) is 7.81. The molecule has 4 nitrogen and oxygen atoms in total. The highest BCUT2D eigenvalue weighted by Crippen LogP contribution is 2.26. The molecular weight excluding hydrogens is 288 g/mol. The Morgan fingerprint density at radius 1 is 1.25 bits per heavy atom. The maximum Gasteiger partial charge on any atom is 0.130 e. The lowest BCUT2D eigenvalue weighted by molar-refractivity contribution is 1.47. The molecule has 0 atom stereocenters. The van der Waals surface area contributed by atoms with Gasteiger partial charge in [0.15, 0.2) is 0 Å². The number of hydrogen-bond acceptors (Lipinski definition) is 5. The Hall–Kier alpha value is -1.76. The summed E-state index contributed by atoms with van der Waals surface area (Å²) in [4.78, 5) is 0. The molecule has 0 aliphatic rings. The first-order chi connectivity index (χ1) is 7.76. The van der Waals surface area contributed by atoms with Crippen LogP contribution in [0.1, 0.15) is 5.56 Å². The molecule has 0 aliphatic carbocycles. The molecule has 0 fully saturated rings. The van der Waals surface area contributed by atoms with Gasteiger partial charge >= 0.3 is 0 Å². The summed E-state index contributed by atoms with van der Waals surface area (Å²) in [5.74, 6) is 0. The second-order valence-electron chi connectivity index (χ2n) is 2.88. The Morgan fingerprint density at radius 2 is 1.94 bits per heavy atom. The highest BCUT2D eigenvalue weighted by atomic mass is 79.9. The van der Waals surface area contributed by atoms with Crippen LogP contribution in [0, 0.1) is 22.7 Å². The second-order valence-corrected chi connectivity index (χ2v) is 4.26. The van der Waals surface area contributed by atoms with E-state index in [1.807, 2.05) is 18.2 Å². The lowest BCUT2D eigenvalue weighted by Crippen LogP contribution is -1.81. The molecule has 0 saturated heterocycles. The topological polar surface area (TPSA) is 73.4 Å². The van der Waals surface area contributed by atoms with Gasteiger partial charge in [-0.05, 0) is 28.1 Å². The van der Waals surface area contributed by atoms with Crippen molar-refractivity contribution in [1.29, 1.82) is 10.5 Å². The van der Waals surface area contributed by atoms with Crippen LogP contribution in [0.15, 0.2) is 22.2 Å². The van der Waals surface area contributed by atoms with Crippen molar-refractivity contribution in [2.24, 2.45) is 0 Å². The minimum atomic E-state index is 0.0524. The largest absolute Gasteiger partial charge is 0.192 e. The van der Waals surface area contributed by atoms with Gasteiger partial charge in [0.05, 0.1) is 11.7 Å². The zero-order chi connectivity index (χ0) is 11.5. The molecule has 0 saturated carbocycles. The van der Waals surface area contributed by atoms with Crippen LogP contribution in [0.25, 0.3) is 17.1 Å². The van der Waals surface area contributed by atoms with E-state index in [1.165, 1.54) is 6.08 Å². The first-order valence-corrected chi connectivity index (χ1v) is 5.71. The SMILES string of the molecule is N#CC(C#N)=Cc1ccc(Br)c2nsnc12. The van der Waals surface area contributed by atoms with E-state index in [1.54, 1.807) is 6.07 Å². The summed E-state index contributed by atoms with van der Waals surface area (Å²) >= 11 is 4.46. The van der Waals surface area contributed by atoms with Crippen LogP contribution >= 0.6 is 27.7 Å². The Morgan fingerprint density at radius 3 is 2.62 bits per heavy atom. The average Bonchev–Trinajstić information content (AvgIpc) is 2.78. The summed E-state index contributed by atoms with van der Waals surface area (Å²) in [5, 5.41) is 17.4. The van der Waals surface area contributed by atoms with E-state index >= 15 is 0 Å². The first-order valence-electron chi connectivity index (χ1n) is 4.19. The van der Waals surface area contributed by atoms with Crippen LogP contribution in [0.4, 0.5) is 0 Å². The third-order valence-electron chi connectivity index (χ3n) is 1.94. The van der Waals surface area contributed by atoms with Crippen LogP contribution in [0.2, 0.25) is 0 Å². The summed E-state index contributed by atoms with van der Waals surface area (Å²) in [6.07, 6.45) is 1.51. The number of benzene rings is 1. The summed E-state index contributed by atoms with van der Waals surface area (Å²) in [6.45, 7) is 0. The molecule has 0 radical (unpaired) electrons. The van der Waals surface area contributed by atoms with Gasteiger partial charge in [0, 0.05) is 10.0 Å². The van der Waals surface area contributed by atoms with Crippen LogP contribution in [-0.4, -0.2) is 8.75 Å².